The van der Waals surface area contributed by atoms with E-state index < -0.39 is 5.82 Å². The maximum atomic E-state index is 13.2. The van der Waals surface area contributed by atoms with Crippen LogP contribution >= 0.6 is 0 Å². The van der Waals surface area contributed by atoms with E-state index in [4.69, 9.17) is 4.42 Å². The average molecular weight is 338 g/mol. The number of benzene rings is 1. The highest BCUT2D eigenvalue weighted by Crippen LogP contribution is 2.18. The highest BCUT2D eigenvalue weighted by Gasteiger charge is 2.12. The van der Waals surface area contributed by atoms with E-state index in [1.807, 2.05) is 0 Å². The summed E-state index contributed by atoms with van der Waals surface area (Å²) in [4.78, 5) is 16.4. The number of anilines is 1. The fourth-order valence-electron chi connectivity index (χ4n) is 2.26. The minimum absolute atomic E-state index is 0.0900. The molecule has 0 atom stereocenters. The van der Waals surface area contributed by atoms with Crippen molar-refractivity contribution in [3.63, 3.8) is 0 Å². The molecule has 9 heteroatoms. The van der Waals surface area contributed by atoms with E-state index in [1.54, 1.807) is 31.2 Å². The lowest BCUT2D eigenvalue weighted by Crippen LogP contribution is -2.13. The van der Waals surface area contributed by atoms with E-state index in [0.29, 0.717) is 28.6 Å². The molecule has 0 aliphatic heterocycles. The van der Waals surface area contributed by atoms with Gasteiger partial charge in [0.2, 0.25) is 17.7 Å². The van der Waals surface area contributed by atoms with Crippen molar-refractivity contribution in [1.29, 1.82) is 0 Å². The second-order valence-corrected chi connectivity index (χ2v) is 5.24. The summed E-state index contributed by atoms with van der Waals surface area (Å²) in [6.07, 6.45) is 1.18. The Morgan fingerprint density at radius 3 is 2.68 bits per heavy atom. The van der Waals surface area contributed by atoms with Crippen molar-refractivity contribution in [1.82, 2.24) is 24.8 Å². The van der Waals surface area contributed by atoms with E-state index in [0.717, 1.165) is 0 Å². The number of carbonyl (C=O) groups is 1. The molecule has 1 amide bonds. The van der Waals surface area contributed by atoms with Gasteiger partial charge in [0.05, 0.1) is 6.20 Å². The summed E-state index contributed by atoms with van der Waals surface area (Å²) < 4.78 is 19.7. The first-order chi connectivity index (χ1) is 12.1. The molecule has 0 fully saturated rings. The van der Waals surface area contributed by atoms with Crippen LogP contribution in [0.4, 0.5) is 10.3 Å². The van der Waals surface area contributed by atoms with Gasteiger partial charge >= 0.3 is 0 Å². The van der Waals surface area contributed by atoms with Crippen molar-refractivity contribution in [3.8, 4) is 11.5 Å². The van der Waals surface area contributed by atoms with Gasteiger partial charge in [-0.25, -0.2) is 8.91 Å². The third kappa shape index (κ3) is 2.94. The topological polar surface area (TPSA) is 98.2 Å². The van der Waals surface area contributed by atoms with Gasteiger partial charge in [-0.05, 0) is 36.4 Å². The summed E-state index contributed by atoms with van der Waals surface area (Å²) in [5, 5.41) is 14.3. The zero-order valence-electron chi connectivity index (χ0n) is 13.0. The van der Waals surface area contributed by atoms with Crippen LogP contribution in [-0.2, 0) is 0 Å². The van der Waals surface area contributed by atoms with Crippen LogP contribution in [0.5, 0.6) is 0 Å². The van der Waals surface area contributed by atoms with Gasteiger partial charge in [0.15, 0.2) is 5.65 Å². The first kappa shape index (κ1) is 14.9. The Morgan fingerprint density at radius 1 is 1.16 bits per heavy atom. The summed E-state index contributed by atoms with van der Waals surface area (Å²) in [5.74, 6) is 0.110. The van der Waals surface area contributed by atoms with Gasteiger partial charge in [0.1, 0.15) is 5.82 Å². The van der Waals surface area contributed by atoms with Crippen LogP contribution in [-0.4, -0.2) is 30.7 Å². The number of fused-ring (bicyclic) bond motifs is 1. The Bertz CT molecular complexity index is 1070. The van der Waals surface area contributed by atoms with Crippen molar-refractivity contribution < 1.29 is 13.6 Å². The molecular formula is C16H11FN6O2. The molecule has 1 aromatic carbocycles. The predicted octanol–water partition coefficient (Wildman–Crippen LogP) is 2.48. The van der Waals surface area contributed by atoms with Crippen LogP contribution in [0.1, 0.15) is 16.2 Å². The zero-order chi connectivity index (χ0) is 17.4. The quantitative estimate of drug-likeness (QED) is 0.616. The van der Waals surface area contributed by atoms with Crippen LogP contribution in [0.2, 0.25) is 0 Å². The number of carbonyl (C=O) groups excluding carboxylic acids is 1. The average Bonchev–Trinajstić information content (AvgIpc) is 3.20. The predicted molar refractivity (Wildman–Crippen MR) is 85.4 cm³/mol. The number of nitrogens with one attached hydrogen (secondary N) is 1. The maximum Gasteiger partial charge on any atom is 0.258 e. The van der Waals surface area contributed by atoms with Gasteiger partial charge in [-0.2, -0.15) is 4.98 Å². The minimum Gasteiger partial charge on any atom is -0.421 e. The maximum absolute atomic E-state index is 13.2. The number of hydrogen-bond donors (Lipinski definition) is 1. The molecule has 0 radical (unpaired) electrons. The number of halogens is 1. The molecule has 4 aromatic rings. The molecule has 25 heavy (non-hydrogen) atoms. The van der Waals surface area contributed by atoms with E-state index in [9.17, 15) is 9.18 Å². The van der Waals surface area contributed by atoms with Crippen LogP contribution < -0.4 is 5.32 Å². The molecule has 4 rings (SSSR count). The number of nitrogens with zero attached hydrogens (tertiary/aromatic N) is 5. The molecule has 0 aliphatic carbocycles. The number of aromatic nitrogens is 5. The molecule has 0 bridgehead atoms. The Kier molecular flexibility index (Phi) is 3.46. The Morgan fingerprint density at radius 2 is 1.96 bits per heavy atom. The second kappa shape index (κ2) is 5.78. The van der Waals surface area contributed by atoms with Crippen molar-refractivity contribution in [3.05, 3.63) is 59.9 Å². The van der Waals surface area contributed by atoms with E-state index >= 15 is 0 Å². The van der Waals surface area contributed by atoms with Gasteiger partial charge in [0, 0.05) is 18.1 Å². The van der Waals surface area contributed by atoms with E-state index in [1.165, 1.54) is 22.8 Å². The minimum atomic E-state index is -0.442. The smallest absolute Gasteiger partial charge is 0.258 e. The molecule has 3 heterocycles. The summed E-state index contributed by atoms with van der Waals surface area (Å²) in [7, 11) is 0. The summed E-state index contributed by atoms with van der Waals surface area (Å²) >= 11 is 0. The van der Waals surface area contributed by atoms with Crippen LogP contribution in [0.3, 0.4) is 0 Å². The molecule has 0 spiro atoms. The van der Waals surface area contributed by atoms with Gasteiger partial charge < -0.3 is 4.42 Å². The Hall–Kier alpha value is -3.62. The number of rotatable bonds is 3. The van der Waals surface area contributed by atoms with Gasteiger partial charge in [-0.15, -0.1) is 15.3 Å². The summed E-state index contributed by atoms with van der Waals surface area (Å²) in [6, 6.07) is 9.40. The fourth-order valence-corrected chi connectivity index (χ4v) is 2.26. The number of hydrogen-bond acceptors (Lipinski definition) is 6. The summed E-state index contributed by atoms with van der Waals surface area (Å²) in [5.41, 5.74) is 1.54. The van der Waals surface area contributed by atoms with Crippen LogP contribution in [0.25, 0.3) is 17.1 Å². The lowest BCUT2D eigenvalue weighted by Gasteiger charge is -2.01. The number of aryl methyl sites for hydroxylation is 1. The number of amides is 1. The highest BCUT2D eigenvalue weighted by molar-refractivity contribution is 6.03. The normalized spacial score (nSPS) is 11.0. The molecule has 8 nitrogen and oxygen atoms in total. The van der Waals surface area contributed by atoms with Gasteiger partial charge in [0.25, 0.3) is 5.91 Å². The second-order valence-electron chi connectivity index (χ2n) is 5.24. The molecule has 0 aliphatic rings. The van der Waals surface area contributed by atoms with Gasteiger partial charge in [-0.1, -0.05) is 0 Å². The third-order valence-corrected chi connectivity index (χ3v) is 3.44. The molecule has 0 saturated heterocycles. The molecule has 0 unspecified atom stereocenters. The van der Waals surface area contributed by atoms with Crippen molar-refractivity contribution in [2.75, 3.05) is 5.32 Å². The fraction of sp³-hybridized carbons (Fsp3) is 0.0625. The van der Waals surface area contributed by atoms with Gasteiger partial charge in [-0.3, -0.25) is 10.1 Å². The van der Waals surface area contributed by atoms with Crippen molar-refractivity contribution in [2.24, 2.45) is 0 Å². The number of pyridine rings is 1. The SMILES string of the molecule is Cc1nnc(-c2ccc(C(=O)Nc3nc4ccc(F)cn4n3)cc2)o1. The third-order valence-electron chi connectivity index (χ3n) is 3.44. The molecule has 0 saturated carbocycles. The lowest BCUT2D eigenvalue weighted by molar-refractivity contribution is 0.102. The lowest BCUT2D eigenvalue weighted by atomic mass is 10.1. The standard InChI is InChI=1S/C16H11FN6O2/c1-9-20-21-15(25-9)11-4-2-10(3-5-11)14(24)19-16-18-13-7-6-12(17)8-23(13)22-16/h2-8H,1H3,(H,19,22,24). The summed E-state index contributed by atoms with van der Waals surface area (Å²) in [6.45, 7) is 1.70. The van der Waals surface area contributed by atoms with Crippen LogP contribution in [0, 0.1) is 12.7 Å². The first-order valence-corrected chi connectivity index (χ1v) is 7.32. The van der Waals surface area contributed by atoms with Crippen molar-refractivity contribution in [2.45, 2.75) is 6.92 Å². The monoisotopic (exact) mass is 338 g/mol. The highest BCUT2D eigenvalue weighted by atomic mass is 19.1. The van der Waals surface area contributed by atoms with Crippen LogP contribution in [0.15, 0.2) is 47.0 Å². The Balaban J connectivity index is 1.53. The molecule has 124 valence electrons. The first-order valence-electron chi connectivity index (χ1n) is 7.32. The van der Waals surface area contributed by atoms with E-state index in [2.05, 4.69) is 25.6 Å². The molecule has 3 aromatic heterocycles. The largest absolute Gasteiger partial charge is 0.421 e. The van der Waals surface area contributed by atoms with Crippen molar-refractivity contribution >= 4 is 17.5 Å². The molecule has 1 N–H and O–H groups in total. The Labute approximate surface area is 140 Å². The molecular weight excluding hydrogens is 327 g/mol. The zero-order valence-corrected chi connectivity index (χ0v) is 13.0. The van der Waals surface area contributed by atoms with E-state index in [-0.39, 0.29) is 11.9 Å².